The average Bonchev–Trinajstić information content (AvgIpc) is 3.21. The van der Waals surface area contributed by atoms with Gasteiger partial charge in [-0.2, -0.15) is 0 Å². The Bertz CT molecular complexity index is 1110. The van der Waals surface area contributed by atoms with Gasteiger partial charge in [-0.3, -0.25) is 4.79 Å². The molecule has 1 saturated carbocycles. The zero-order chi connectivity index (χ0) is 24.6. The maximum Gasteiger partial charge on any atom is 0.223 e. The van der Waals surface area contributed by atoms with Crippen LogP contribution in [0.2, 0.25) is 0 Å². The Hall–Kier alpha value is -2.82. The third-order valence-electron chi connectivity index (χ3n) is 7.18. The van der Waals surface area contributed by atoms with E-state index in [1.807, 2.05) is 6.07 Å². The van der Waals surface area contributed by atoms with E-state index in [0.29, 0.717) is 19.1 Å². The molecule has 1 aliphatic carbocycles. The lowest BCUT2D eigenvalue weighted by Crippen LogP contribution is -2.33. The smallest absolute Gasteiger partial charge is 0.223 e. The highest BCUT2D eigenvalue weighted by atomic mass is 16.5. The fourth-order valence-electron chi connectivity index (χ4n) is 5.17. The Kier molecular flexibility index (Phi) is 8.84. The van der Waals surface area contributed by atoms with Gasteiger partial charge in [0.15, 0.2) is 0 Å². The topological polar surface area (TPSA) is 56.1 Å². The predicted octanol–water partition coefficient (Wildman–Crippen LogP) is 6.57. The Balaban J connectivity index is 1.32. The van der Waals surface area contributed by atoms with Crippen LogP contribution in [0.15, 0.2) is 42.5 Å². The molecule has 188 valence electrons. The second-order valence-electron chi connectivity index (χ2n) is 10.3. The van der Waals surface area contributed by atoms with Crippen molar-refractivity contribution >= 4 is 16.9 Å². The first-order valence-corrected chi connectivity index (χ1v) is 13.5. The minimum atomic E-state index is 0.201. The lowest BCUT2D eigenvalue weighted by Gasteiger charge is -2.20. The van der Waals surface area contributed by atoms with Crippen molar-refractivity contribution in [3.63, 3.8) is 0 Å². The van der Waals surface area contributed by atoms with E-state index in [-0.39, 0.29) is 11.8 Å². The molecule has 1 fully saturated rings. The predicted molar refractivity (Wildman–Crippen MR) is 143 cm³/mol. The maximum atomic E-state index is 12.5. The largest absolute Gasteiger partial charge is 0.493 e. The van der Waals surface area contributed by atoms with E-state index in [9.17, 15) is 4.79 Å². The summed E-state index contributed by atoms with van der Waals surface area (Å²) in [6.07, 6.45) is 8.45. The first-order chi connectivity index (χ1) is 17.0. The van der Waals surface area contributed by atoms with Crippen LogP contribution in [0, 0.1) is 12.8 Å². The van der Waals surface area contributed by atoms with Crippen LogP contribution in [0.3, 0.4) is 0 Å². The average molecular weight is 476 g/mol. The van der Waals surface area contributed by atoms with Crippen LogP contribution < -0.4 is 10.1 Å². The number of nitrogens with zero attached hydrogens (tertiary/aromatic N) is 2. The van der Waals surface area contributed by atoms with Gasteiger partial charge in [0.25, 0.3) is 0 Å². The quantitative estimate of drug-likeness (QED) is 0.319. The Labute approximate surface area is 210 Å². The summed E-state index contributed by atoms with van der Waals surface area (Å²) in [6, 6.07) is 14.8. The van der Waals surface area contributed by atoms with Gasteiger partial charge in [-0.25, -0.2) is 4.98 Å². The standard InChI is InChI=1S/C30H41N3O2/c1-22(2)25-16-15-23(3)21-28(25)35-20-10-9-19-33-27-14-8-7-13-26(27)32-29(33)17-18-31-30(34)24-11-5-4-6-12-24/h7-8,13-16,21-22,24H,4-6,9-12,17-20H2,1-3H3,(H,31,34). The van der Waals surface area contributed by atoms with E-state index >= 15 is 0 Å². The number of rotatable bonds is 11. The molecule has 2 aromatic carbocycles. The molecule has 1 N–H and O–H groups in total. The molecule has 1 heterocycles. The molecular formula is C30H41N3O2. The van der Waals surface area contributed by atoms with Crippen molar-refractivity contribution < 1.29 is 9.53 Å². The molecule has 1 aromatic heterocycles. The molecule has 5 heteroatoms. The number of aryl methyl sites for hydroxylation is 2. The number of amides is 1. The van der Waals surface area contributed by atoms with Crippen LogP contribution in [0.25, 0.3) is 11.0 Å². The monoisotopic (exact) mass is 475 g/mol. The van der Waals surface area contributed by atoms with E-state index in [4.69, 9.17) is 9.72 Å². The van der Waals surface area contributed by atoms with Crippen molar-refractivity contribution in [2.75, 3.05) is 13.2 Å². The number of benzene rings is 2. The lowest BCUT2D eigenvalue weighted by molar-refractivity contribution is -0.125. The molecule has 1 amide bonds. The highest BCUT2D eigenvalue weighted by Crippen LogP contribution is 2.28. The number of carbonyl (C=O) groups excluding carboxylic acids is 1. The number of imidazole rings is 1. The molecular weight excluding hydrogens is 434 g/mol. The van der Waals surface area contributed by atoms with Crippen molar-refractivity contribution in [1.29, 1.82) is 0 Å². The zero-order valence-corrected chi connectivity index (χ0v) is 21.7. The van der Waals surface area contributed by atoms with Gasteiger partial charge < -0.3 is 14.6 Å². The van der Waals surface area contributed by atoms with E-state index in [1.54, 1.807) is 0 Å². The summed E-state index contributed by atoms with van der Waals surface area (Å²) in [7, 11) is 0. The molecule has 4 rings (SSSR count). The van der Waals surface area contributed by atoms with E-state index in [0.717, 1.165) is 55.7 Å². The number of hydrogen-bond acceptors (Lipinski definition) is 3. The second-order valence-corrected chi connectivity index (χ2v) is 10.3. The SMILES string of the molecule is Cc1ccc(C(C)C)c(OCCCCn2c(CCNC(=O)C3CCCCC3)nc3ccccc32)c1. The van der Waals surface area contributed by atoms with Crippen molar-refractivity contribution in [2.24, 2.45) is 5.92 Å². The Morgan fingerprint density at radius 2 is 1.91 bits per heavy atom. The molecule has 0 unspecified atom stereocenters. The van der Waals surface area contributed by atoms with Crippen LogP contribution in [-0.2, 0) is 17.8 Å². The van der Waals surface area contributed by atoms with E-state index in [1.165, 1.54) is 35.9 Å². The molecule has 1 aliphatic rings. The number of fused-ring (bicyclic) bond motifs is 1. The molecule has 0 aliphatic heterocycles. The summed E-state index contributed by atoms with van der Waals surface area (Å²) in [5, 5.41) is 3.17. The maximum absolute atomic E-state index is 12.5. The van der Waals surface area contributed by atoms with Crippen LogP contribution >= 0.6 is 0 Å². The second kappa shape index (κ2) is 12.2. The van der Waals surface area contributed by atoms with Crippen LogP contribution in [0.5, 0.6) is 5.75 Å². The molecule has 0 bridgehead atoms. The fourth-order valence-corrected chi connectivity index (χ4v) is 5.17. The third-order valence-corrected chi connectivity index (χ3v) is 7.18. The molecule has 0 radical (unpaired) electrons. The Morgan fingerprint density at radius 1 is 1.11 bits per heavy atom. The van der Waals surface area contributed by atoms with Gasteiger partial charge in [-0.1, -0.05) is 57.4 Å². The van der Waals surface area contributed by atoms with Crippen molar-refractivity contribution in [1.82, 2.24) is 14.9 Å². The highest BCUT2D eigenvalue weighted by Gasteiger charge is 2.21. The number of para-hydroxylation sites is 2. The summed E-state index contributed by atoms with van der Waals surface area (Å²) in [6.45, 7) is 8.79. The van der Waals surface area contributed by atoms with Crippen LogP contribution in [0.1, 0.15) is 81.7 Å². The molecule has 5 nitrogen and oxygen atoms in total. The van der Waals surface area contributed by atoms with E-state index in [2.05, 4.69) is 67.1 Å². The van der Waals surface area contributed by atoms with E-state index < -0.39 is 0 Å². The summed E-state index contributed by atoms with van der Waals surface area (Å²) < 4.78 is 8.52. The summed E-state index contributed by atoms with van der Waals surface area (Å²) in [4.78, 5) is 17.4. The number of carbonyl (C=O) groups is 1. The lowest BCUT2D eigenvalue weighted by atomic mass is 9.89. The van der Waals surface area contributed by atoms with Crippen LogP contribution in [-0.4, -0.2) is 28.6 Å². The molecule has 3 aromatic rings. The van der Waals surface area contributed by atoms with Gasteiger partial charge in [0, 0.05) is 25.4 Å². The third kappa shape index (κ3) is 6.65. The van der Waals surface area contributed by atoms with Gasteiger partial charge in [-0.15, -0.1) is 0 Å². The fraction of sp³-hybridized carbons (Fsp3) is 0.533. The molecule has 0 atom stereocenters. The minimum Gasteiger partial charge on any atom is -0.493 e. The number of nitrogens with one attached hydrogen (secondary N) is 1. The van der Waals surface area contributed by atoms with Gasteiger partial charge in [-0.05, 0) is 67.9 Å². The summed E-state index contributed by atoms with van der Waals surface area (Å²) in [5.74, 6) is 2.94. The normalized spacial score (nSPS) is 14.5. The summed E-state index contributed by atoms with van der Waals surface area (Å²) in [5.41, 5.74) is 4.70. The number of aromatic nitrogens is 2. The first-order valence-electron chi connectivity index (χ1n) is 13.5. The number of unbranched alkanes of at least 4 members (excludes halogenated alkanes) is 1. The van der Waals surface area contributed by atoms with Gasteiger partial charge >= 0.3 is 0 Å². The van der Waals surface area contributed by atoms with Gasteiger partial charge in [0.1, 0.15) is 11.6 Å². The van der Waals surface area contributed by atoms with Gasteiger partial charge in [0.2, 0.25) is 5.91 Å². The number of ether oxygens (including phenoxy) is 1. The number of hydrogen-bond donors (Lipinski definition) is 1. The zero-order valence-electron chi connectivity index (χ0n) is 21.7. The minimum absolute atomic E-state index is 0.201. The Morgan fingerprint density at radius 3 is 2.71 bits per heavy atom. The van der Waals surface area contributed by atoms with Gasteiger partial charge in [0.05, 0.1) is 17.6 Å². The van der Waals surface area contributed by atoms with Crippen molar-refractivity contribution in [2.45, 2.75) is 84.6 Å². The van der Waals surface area contributed by atoms with Crippen LogP contribution in [0.4, 0.5) is 0 Å². The van der Waals surface area contributed by atoms with Crippen molar-refractivity contribution in [3.8, 4) is 5.75 Å². The van der Waals surface area contributed by atoms with Crippen molar-refractivity contribution in [3.05, 3.63) is 59.4 Å². The first kappa shape index (κ1) is 25.3. The molecule has 35 heavy (non-hydrogen) atoms. The summed E-state index contributed by atoms with van der Waals surface area (Å²) >= 11 is 0. The molecule has 0 saturated heterocycles. The molecule has 0 spiro atoms. The highest BCUT2D eigenvalue weighted by molar-refractivity contribution is 5.78.